The number of aromatic nitrogens is 2. The summed E-state index contributed by atoms with van der Waals surface area (Å²) in [5, 5.41) is 15.1. The van der Waals surface area contributed by atoms with Gasteiger partial charge in [0, 0.05) is 25.0 Å². The number of nitrogens with zero attached hydrogens (tertiary/aromatic N) is 2. The van der Waals surface area contributed by atoms with Crippen LogP contribution in [-0.2, 0) is 16.7 Å². The van der Waals surface area contributed by atoms with Crippen molar-refractivity contribution in [3.63, 3.8) is 0 Å². The zero-order chi connectivity index (χ0) is 24.1. The van der Waals surface area contributed by atoms with Gasteiger partial charge in [0.05, 0.1) is 29.8 Å². The monoisotopic (exact) mass is 462 g/mol. The Morgan fingerprint density at radius 2 is 1.75 bits per heavy atom. The van der Waals surface area contributed by atoms with Crippen molar-refractivity contribution < 1.29 is 22.9 Å². The van der Waals surface area contributed by atoms with Crippen molar-refractivity contribution >= 4 is 27.4 Å². The summed E-state index contributed by atoms with van der Waals surface area (Å²) >= 11 is 0. The molecule has 0 saturated carbocycles. The molecule has 3 aromatic rings. The Bertz CT molecular complexity index is 1190. The molecule has 0 aliphatic heterocycles. The van der Waals surface area contributed by atoms with Crippen LogP contribution in [0.4, 0.5) is 5.69 Å². The number of nitrogens with one attached hydrogen (secondary N) is 2. The molecule has 2 heterocycles. The molecule has 0 aliphatic carbocycles. The molecule has 0 atom stereocenters. The molecular weight excluding hydrogens is 432 g/mol. The summed E-state index contributed by atoms with van der Waals surface area (Å²) in [5.74, 6) is -0.216. The van der Waals surface area contributed by atoms with Crippen LogP contribution in [0.5, 0.6) is 0 Å². The Labute approximate surface area is 188 Å². The second-order valence-electron chi connectivity index (χ2n) is 7.56. The molecule has 1 amide bonds. The first-order valence-electron chi connectivity index (χ1n) is 10.0. The minimum atomic E-state index is -3.67. The normalized spacial score (nSPS) is 11.1. The first-order valence-corrected chi connectivity index (χ1v) is 11.9. The molecule has 0 aliphatic rings. The highest BCUT2D eigenvalue weighted by molar-refractivity contribution is 7.85. The van der Waals surface area contributed by atoms with Gasteiger partial charge in [-0.15, -0.1) is 0 Å². The maximum Gasteiger partial charge on any atom is 0.261 e. The zero-order valence-electron chi connectivity index (χ0n) is 18.9. The third kappa shape index (κ3) is 6.78. The largest absolute Gasteiger partial charge is 0.395 e. The molecule has 0 unspecified atom stereocenters. The highest BCUT2D eigenvalue weighted by atomic mass is 32.2. The number of benzene rings is 1. The van der Waals surface area contributed by atoms with Gasteiger partial charge >= 0.3 is 0 Å². The van der Waals surface area contributed by atoms with Crippen molar-refractivity contribution in [2.45, 2.75) is 34.2 Å². The van der Waals surface area contributed by atoms with Crippen molar-refractivity contribution in [1.29, 1.82) is 0 Å². The van der Waals surface area contributed by atoms with Crippen LogP contribution >= 0.6 is 0 Å². The van der Waals surface area contributed by atoms with E-state index >= 15 is 0 Å². The molecule has 1 aromatic carbocycles. The van der Waals surface area contributed by atoms with Crippen LogP contribution in [0, 0.1) is 27.7 Å². The predicted molar refractivity (Wildman–Crippen MR) is 125 cm³/mol. The molecule has 4 N–H and O–H groups in total. The number of aliphatic hydroxyl groups excluding tert-OH is 1. The van der Waals surface area contributed by atoms with Gasteiger partial charge in [-0.2, -0.15) is 8.42 Å². The number of aryl methyl sites for hydroxylation is 4. The number of aliphatic hydroxyl groups is 1. The quantitative estimate of drug-likeness (QED) is 0.413. The summed E-state index contributed by atoms with van der Waals surface area (Å²) in [6.07, 6.45) is 2.51. The van der Waals surface area contributed by atoms with E-state index in [9.17, 15) is 13.2 Å². The van der Waals surface area contributed by atoms with Gasteiger partial charge in [-0.05, 0) is 50.5 Å². The molecule has 0 saturated heterocycles. The first-order chi connectivity index (χ1) is 14.9. The molecule has 0 fully saturated rings. The van der Waals surface area contributed by atoms with E-state index in [1.165, 1.54) is 16.7 Å². The van der Waals surface area contributed by atoms with Crippen LogP contribution in [0.3, 0.4) is 0 Å². The van der Waals surface area contributed by atoms with Crippen LogP contribution in [0.15, 0.2) is 30.5 Å². The first kappa shape index (κ1) is 25.3. The Morgan fingerprint density at radius 3 is 2.31 bits per heavy atom. The topological polar surface area (TPSA) is 133 Å². The minimum absolute atomic E-state index is 0.0884. The second-order valence-corrected chi connectivity index (χ2v) is 9.02. The number of anilines is 1. The number of rotatable bonds is 6. The van der Waals surface area contributed by atoms with Gasteiger partial charge in [-0.1, -0.05) is 18.2 Å². The van der Waals surface area contributed by atoms with Gasteiger partial charge in [0.25, 0.3) is 16.0 Å². The number of imidazole rings is 1. The SMILES string of the molecule is CS(=O)(=O)O.Cc1cccc(C)c1CNc1cc(C(=O)NCCO)cn2c(C)c(C)nc12. The number of amides is 1. The second kappa shape index (κ2) is 10.6. The molecule has 0 radical (unpaired) electrons. The minimum Gasteiger partial charge on any atom is -0.395 e. The van der Waals surface area contributed by atoms with Crippen molar-refractivity contribution in [3.8, 4) is 0 Å². The maximum absolute atomic E-state index is 12.4. The molecule has 0 bridgehead atoms. The Balaban J connectivity index is 0.000000654. The molecule has 3 rings (SSSR count). The van der Waals surface area contributed by atoms with Gasteiger partial charge in [-0.25, -0.2) is 4.98 Å². The average molecular weight is 463 g/mol. The fourth-order valence-electron chi connectivity index (χ4n) is 3.21. The highest BCUT2D eigenvalue weighted by Crippen LogP contribution is 2.24. The number of carbonyl (C=O) groups is 1. The fraction of sp³-hybridized carbons (Fsp3) is 0.364. The molecule has 174 valence electrons. The zero-order valence-corrected chi connectivity index (χ0v) is 19.7. The van der Waals surface area contributed by atoms with E-state index in [1.807, 2.05) is 24.3 Å². The Kier molecular flexibility index (Phi) is 8.37. The van der Waals surface area contributed by atoms with E-state index in [2.05, 4.69) is 47.7 Å². The average Bonchev–Trinajstić information content (AvgIpc) is 2.98. The lowest BCUT2D eigenvalue weighted by molar-refractivity contribution is 0.0944. The summed E-state index contributed by atoms with van der Waals surface area (Å²) in [6, 6.07) is 8.08. The summed E-state index contributed by atoms with van der Waals surface area (Å²) in [7, 11) is -3.67. The summed E-state index contributed by atoms with van der Waals surface area (Å²) in [6.45, 7) is 8.94. The number of fused-ring (bicyclic) bond motifs is 1. The van der Waals surface area contributed by atoms with E-state index in [0.29, 0.717) is 18.4 Å². The lowest BCUT2D eigenvalue weighted by Gasteiger charge is -2.14. The van der Waals surface area contributed by atoms with E-state index in [-0.39, 0.29) is 19.1 Å². The lowest BCUT2D eigenvalue weighted by Crippen LogP contribution is -2.26. The van der Waals surface area contributed by atoms with Gasteiger partial charge in [0.15, 0.2) is 5.65 Å². The van der Waals surface area contributed by atoms with E-state index < -0.39 is 10.1 Å². The van der Waals surface area contributed by atoms with Crippen LogP contribution in [0.25, 0.3) is 5.65 Å². The molecule has 0 spiro atoms. The Morgan fingerprint density at radius 1 is 1.16 bits per heavy atom. The van der Waals surface area contributed by atoms with Crippen LogP contribution in [0.1, 0.15) is 38.4 Å². The van der Waals surface area contributed by atoms with Crippen LogP contribution in [-0.4, -0.2) is 52.8 Å². The number of pyridine rings is 1. The summed E-state index contributed by atoms with van der Waals surface area (Å²) in [5.41, 5.74) is 7.76. The smallest absolute Gasteiger partial charge is 0.261 e. The van der Waals surface area contributed by atoms with Crippen LogP contribution < -0.4 is 10.6 Å². The van der Waals surface area contributed by atoms with Crippen molar-refractivity contribution in [2.24, 2.45) is 0 Å². The molecule has 32 heavy (non-hydrogen) atoms. The molecule has 2 aromatic heterocycles. The highest BCUT2D eigenvalue weighted by Gasteiger charge is 2.15. The standard InChI is InChI=1S/C21H26N4O2.CH4O3S/c1-13-6-5-7-14(2)18(13)11-23-19-10-17(21(27)22-8-9-26)12-25-16(4)15(3)24-20(19)25;1-5(2,3)4/h5-7,10,12,23,26H,8-9,11H2,1-4H3,(H,22,27);1H3,(H,2,3,4). The molecular formula is C22H30N4O5S. The van der Waals surface area contributed by atoms with Crippen molar-refractivity contribution in [1.82, 2.24) is 14.7 Å². The molecule has 10 heteroatoms. The Hall–Kier alpha value is -2.95. The third-order valence-corrected chi connectivity index (χ3v) is 4.96. The maximum atomic E-state index is 12.4. The van der Waals surface area contributed by atoms with Gasteiger partial charge < -0.3 is 20.1 Å². The van der Waals surface area contributed by atoms with Gasteiger partial charge in [0.2, 0.25) is 0 Å². The predicted octanol–water partition coefficient (Wildman–Crippen LogP) is 2.41. The van der Waals surface area contributed by atoms with Crippen molar-refractivity contribution in [2.75, 3.05) is 24.7 Å². The number of hydrogen-bond acceptors (Lipinski definition) is 6. The van der Waals surface area contributed by atoms with E-state index in [0.717, 1.165) is 22.7 Å². The van der Waals surface area contributed by atoms with Gasteiger partial charge in [0.1, 0.15) is 0 Å². The van der Waals surface area contributed by atoms with Crippen molar-refractivity contribution in [3.05, 3.63) is 64.1 Å². The number of hydrogen-bond donors (Lipinski definition) is 4. The molecule has 9 nitrogen and oxygen atoms in total. The fourth-order valence-corrected chi connectivity index (χ4v) is 3.21. The lowest BCUT2D eigenvalue weighted by atomic mass is 10.0. The van der Waals surface area contributed by atoms with E-state index in [1.54, 1.807) is 6.20 Å². The third-order valence-electron chi connectivity index (χ3n) is 4.96. The van der Waals surface area contributed by atoms with E-state index in [4.69, 9.17) is 9.66 Å². The number of carbonyl (C=O) groups excluding carboxylic acids is 1. The summed E-state index contributed by atoms with van der Waals surface area (Å²) < 4.78 is 27.8. The van der Waals surface area contributed by atoms with Gasteiger partial charge in [-0.3, -0.25) is 9.35 Å². The van der Waals surface area contributed by atoms with Crippen LogP contribution in [0.2, 0.25) is 0 Å². The summed E-state index contributed by atoms with van der Waals surface area (Å²) in [4.78, 5) is 17.1.